The molecule has 1 unspecified atom stereocenters. The van der Waals surface area contributed by atoms with Crippen LogP contribution in [0.2, 0.25) is 0 Å². The van der Waals surface area contributed by atoms with E-state index in [2.05, 4.69) is 37.9 Å². The van der Waals surface area contributed by atoms with Crippen molar-refractivity contribution in [3.05, 3.63) is 88.6 Å². The lowest BCUT2D eigenvalue weighted by Gasteiger charge is -2.27. The van der Waals surface area contributed by atoms with Crippen LogP contribution in [0.25, 0.3) is 5.70 Å². The summed E-state index contributed by atoms with van der Waals surface area (Å²) < 4.78 is 60.4. The lowest BCUT2D eigenvalue weighted by molar-refractivity contribution is -0.184. The molecule has 1 fully saturated rings. The Kier molecular flexibility index (Phi) is 11.8. The van der Waals surface area contributed by atoms with E-state index in [1.165, 1.54) is 43.2 Å². The number of Topliss-reactive ketones (excluding diaryl/α,β-unsaturated/α-hetero) is 1. The highest BCUT2D eigenvalue weighted by Gasteiger charge is 2.66. The molecule has 1 atom stereocenters. The van der Waals surface area contributed by atoms with Crippen molar-refractivity contribution in [2.45, 2.75) is 97.7 Å². The SMILES string of the molecule is C=C(/C=C(\OC)C1(C(F)(F)F)CC1)CC(=O)Cc1ccc(C2=CNC3C=C(CCCCC)C(CC)=CC3=N2)cc1F.CC.[HH].[HH]. The van der Waals surface area contributed by atoms with Crippen molar-refractivity contribution in [2.24, 2.45) is 10.4 Å². The lowest BCUT2D eigenvalue weighted by atomic mass is 9.88. The third-order valence-corrected chi connectivity index (χ3v) is 7.98. The van der Waals surface area contributed by atoms with Gasteiger partial charge in [-0.05, 0) is 72.6 Å². The molecule has 0 aromatic heterocycles. The van der Waals surface area contributed by atoms with Crippen molar-refractivity contribution in [1.29, 1.82) is 0 Å². The number of carbonyl (C=O) groups is 1. The first-order valence-corrected chi connectivity index (χ1v) is 15.3. The number of aliphatic imine (C=N–C) groups is 1. The highest BCUT2D eigenvalue weighted by molar-refractivity contribution is 6.06. The average molecular weight is 605 g/mol. The van der Waals surface area contributed by atoms with Crippen LogP contribution in [0, 0.1) is 11.2 Å². The number of alkyl halides is 3. The van der Waals surface area contributed by atoms with Crippen LogP contribution in [-0.2, 0) is 16.0 Å². The summed E-state index contributed by atoms with van der Waals surface area (Å²) in [5.41, 5.74) is 3.11. The zero-order valence-electron chi connectivity index (χ0n) is 26.0. The van der Waals surface area contributed by atoms with E-state index in [0.717, 1.165) is 25.0 Å². The molecule has 1 aliphatic heterocycles. The zero-order valence-corrected chi connectivity index (χ0v) is 26.0. The van der Waals surface area contributed by atoms with Gasteiger partial charge in [-0.15, -0.1) is 0 Å². The fourth-order valence-electron chi connectivity index (χ4n) is 5.42. The molecule has 0 amide bonds. The van der Waals surface area contributed by atoms with E-state index in [4.69, 9.17) is 9.73 Å². The maximum Gasteiger partial charge on any atom is 0.401 e. The van der Waals surface area contributed by atoms with Gasteiger partial charge in [0, 0.05) is 27.5 Å². The molecule has 1 saturated carbocycles. The number of rotatable bonds is 13. The molecule has 0 bridgehead atoms. The smallest absolute Gasteiger partial charge is 0.401 e. The van der Waals surface area contributed by atoms with Crippen molar-refractivity contribution in [2.75, 3.05) is 7.11 Å². The van der Waals surface area contributed by atoms with Crippen LogP contribution in [0.3, 0.4) is 0 Å². The number of unbranched alkanes of at least 4 members (excludes halogenated alkanes) is 2. The van der Waals surface area contributed by atoms with E-state index in [-0.39, 0.29) is 57.3 Å². The summed E-state index contributed by atoms with van der Waals surface area (Å²) in [4.78, 5) is 17.4. The maximum absolute atomic E-state index is 15.1. The monoisotopic (exact) mass is 604 g/mol. The molecule has 1 aromatic rings. The quantitative estimate of drug-likeness (QED) is 0.106. The second kappa shape index (κ2) is 14.8. The first kappa shape index (κ1) is 34.1. The predicted octanol–water partition coefficient (Wildman–Crippen LogP) is 9.84. The number of ketones is 1. The topological polar surface area (TPSA) is 50.7 Å². The minimum Gasteiger partial charge on any atom is -0.500 e. The first-order valence-electron chi connectivity index (χ1n) is 15.3. The lowest BCUT2D eigenvalue weighted by Crippen LogP contribution is -2.35. The number of carbonyl (C=O) groups excluding carboxylic acids is 1. The van der Waals surface area contributed by atoms with Crippen LogP contribution in [0.1, 0.15) is 93.0 Å². The van der Waals surface area contributed by atoms with Gasteiger partial charge < -0.3 is 10.1 Å². The molecule has 3 aliphatic rings. The summed E-state index contributed by atoms with van der Waals surface area (Å²) >= 11 is 0. The molecule has 8 heteroatoms. The Balaban J connectivity index is 0.00000248. The third-order valence-electron chi connectivity index (χ3n) is 7.98. The van der Waals surface area contributed by atoms with Crippen LogP contribution < -0.4 is 5.32 Å². The number of nitrogens with zero attached hydrogens (tertiary/aromatic N) is 1. The van der Waals surface area contributed by atoms with E-state index < -0.39 is 17.4 Å². The largest absolute Gasteiger partial charge is 0.500 e. The van der Waals surface area contributed by atoms with Gasteiger partial charge in [0.05, 0.1) is 24.6 Å². The Morgan fingerprint density at radius 3 is 2.51 bits per heavy atom. The van der Waals surface area contributed by atoms with Gasteiger partial charge in [0.25, 0.3) is 0 Å². The van der Waals surface area contributed by atoms with Gasteiger partial charge in [-0.1, -0.05) is 65.3 Å². The van der Waals surface area contributed by atoms with Gasteiger partial charge in [0.1, 0.15) is 22.8 Å². The summed E-state index contributed by atoms with van der Waals surface area (Å²) in [7, 11) is 1.18. The van der Waals surface area contributed by atoms with Crippen LogP contribution in [0.4, 0.5) is 17.6 Å². The molecular weight excluding hydrogens is 556 g/mol. The van der Waals surface area contributed by atoms with Crippen molar-refractivity contribution in [3.8, 4) is 0 Å². The van der Waals surface area contributed by atoms with Gasteiger partial charge in [0.2, 0.25) is 0 Å². The molecule has 4 nitrogen and oxygen atoms in total. The Hall–Kier alpha value is -3.42. The normalized spacial score (nSPS) is 18.9. The van der Waals surface area contributed by atoms with Crippen molar-refractivity contribution in [1.82, 2.24) is 5.32 Å². The number of ether oxygens (including phenoxy) is 1. The number of hydrogen-bond donors (Lipinski definition) is 1. The second-order valence-electron chi connectivity index (χ2n) is 11.0. The molecular formula is C35H48F4N2O2. The number of fused-ring (bicyclic) bond motifs is 1. The Morgan fingerprint density at radius 1 is 1.21 bits per heavy atom. The van der Waals surface area contributed by atoms with Crippen LogP contribution in [-0.4, -0.2) is 30.8 Å². The van der Waals surface area contributed by atoms with E-state index in [0.29, 0.717) is 11.3 Å². The highest BCUT2D eigenvalue weighted by Crippen LogP contribution is 2.62. The number of nitrogens with one attached hydrogen (secondary N) is 1. The minimum atomic E-state index is -4.43. The minimum absolute atomic E-state index is 0. The Labute approximate surface area is 256 Å². The molecule has 0 saturated heterocycles. The predicted molar refractivity (Wildman–Crippen MR) is 170 cm³/mol. The number of halogens is 4. The van der Waals surface area contributed by atoms with Crippen LogP contribution in [0.15, 0.2) is 76.7 Å². The highest BCUT2D eigenvalue weighted by atomic mass is 19.4. The number of allylic oxidation sites excluding steroid dienone is 5. The number of benzene rings is 1. The molecule has 1 aromatic carbocycles. The van der Waals surface area contributed by atoms with Gasteiger partial charge in [-0.3, -0.25) is 4.79 Å². The van der Waals surface area contributed by atoms with Gasteiger partial charge in [0.15, 0.2) is 0 Å². The molecule has 1 N–H and O–H groups in total. The number of methoxy groups -OCH3 is 1. The van der Waals surface area contributed by atoms with E-state index in [1.54, 1.807) is 18.3 Å². The Morgan fingerprint density at radius 2 is 1.93 bits per heavy atom. The number of hydrogen-bond acceptors (Lipinski definition) is 4. The molecule has 2 aliphatic carbocycles. The summed E-state index contributed by atoms with van der Waals surface area (Å²) in [5, 5.41) is 3.38. The summed E-state index contributed by atoms with van der Waals surface area (Å²) in [6, 6.07) is 4.62. The summed E-state index contributed by atoms with van der Waals surface area (Å²) in [6.45, 7) is 12.1. The van der Waals surface area contributed by atoms with E-state index >= 15 is 4.39 Å². The fraction of sp³-hybridized carbons (Fsp3) is 0.486. The molecule has 238 valence electrons. The molecule has 43 heavy (non-hydrogen) atoms. The van der Waals surface area contributed by atoms with Crippen LogP contribution in [0.5, 0.6) is 0 Å². The zero-order chi connectivity index (χ0) is 31.8. The molecule has 4 rings (SSSR count). The maximum atomic E-state index is 15.1. The van der Waals surface area contributed by atoms with Crippen molar-refractivity contribution >= 4 is 17.2 Å². The molecule has 0 spiro atoms. The standard InChI is InChI=1S/C33H38F4N2O2.C2H6.2H2/c1-5-7-8-9-23-19-28-29(18-22(23)6-2)39-30(20-38-28)25-11-10-24(27(34)17-25)16-26(40)14-21(3)15-31(41-4)32(12-13-32)33(35,36)37;1-2;;/h10-11,15,17-20,28,38H,3,5-9,12-14,16H2,1-2,4H3;1-2H3;2*1H/b31-15-;;;. The van der Waals surface area contributed by atoms with Crippen molar-refractivity contribution in [3.63, 3.8) is 0 Å². The van der Waals surface area contributed by atoms with Gasteiger partial charge in [-0.2, -0.15) is 13.2 Å². The second-order valence-corrected chi connectivity index (χ2v) is 11.0. The summed E-state index contributed by atoms with van der Waals surface area (Å²) in [6.07, 6.45) is 7.91. The fourth-order valence-corrected chi connectivity index (χ4v) is 5.42. The molecule has 0 radical (unpaired) electrons. The first-order chi connectivity index (χ1) is 20.5. The average Bonchev–Trinajstić information content (AvgIpc) is 3.80. The van der Waals surface area contributed by atoms with Gasteiger partial charge >= 0.3 is 6.18 Å². The third kappa shape index (κ3) is 8.15. The van der Waals surface area contributed by atoms with Crippen molar-refractivity contribution < 1.29 is 29.9 Å². The van der Waals surface area contributed by atoms with Crippen LogP contribution >= 0.6 is 0 Å². The van der Waals surface area contributed by atoms with E-state index in [1.807, 2.05) is 13.8 Å². The van der Waals surface area contributed by atoms with E-state index in [9.17, 15) is 18.0 Å². The molecule has 1 heterocycles. The van der Waals surface area contributed by atoms with Gasteiger partial charge in [-0.25, -0.2) is 9.38 Å². The summed E-state index contributed by atoms with van der Waals surface area (Å²) in [5.74, 6) is -1.13. The Bertz CT molecular complexity index is 1360.